The zero-order valence-corrected chi connectivity index (χ0v) is 20.9. The van der Waals surface area contributed by atoms with Crippen molar-refractivity contribution in [1.82, 2.24) is 10.3 Å². The van der Waals surface area contributed by atoms with Crippen molar-refractivity contribution < 1.29 is 23.3 Å². The van der Waals surface area contributed by atoms with Crippen LogP contribution in [0.1, 0.15) is 33.6 Å². The van der Waals surface area contributed by atoms with Crippen LogP contribution in [0.25, 0.3) is 0 Å². The van der Waals surface area contributed by atoms with Gasteiger partial charge in [-0.15, -0.1) is 0 Å². The van der Waals surface area contributed by atoms with Gasteiger partial charge in [0.25, 0.3) is 11.8 Å². The van der Waals surface area contributed by atoms with E-state index in [1.54, 1.807) is 24.5 Å². The molecule has 0 bridgehead atoms. The number of carbonyl (C=O) groups excluding carboxylic acids is 2. The number of amides is 2. The highest BCUT2D eigenvalue weighted by Gasteiger charge is 2.23. The quantitative estimate of drug-likeness (QED) is 0.393. The van der Waals surface area contributed by atoms with Crippen LogP contribution in [0.3, 0.4) is 0 Å². The maximum Gasteiger partial charge on any atom is 0.259 e. The number of ether oxygens (including phenoxy) is 1. The summed E-state index contributed by atoms with van der Waals surface area (Å²) in [5, 5.41) is 8.89. The Kier molecular flexibility index (Phi) is 8.42. The van der Waals surface area contributed by atoms with E-state index in [4.69, 9.17) is 16.3 Å². The van der Waals surface area contributed by atoms with E-state index < -0.39 is 28.8 Å². The molecule has 1 aliphatic heterocycles. The van der Waals surface area contributed by atoms with Gasteiger partial charge in [-0.3, -0.25) is 9.59 Å². The largest absolute Gasteiger partial charge is 0.612 e. The molecule has 8 nitrogen and oxygen atoms in total. The first-order chi connectivity index (χ1) is 17.3. The molecule has 0 radical (unpaired) electrons. The number of piperidine rings is 1. The van der Waals surface area contributed by atoms with Gasteiger partial charge < -0.3 is 25.2 Å². The molecule has 0 unspecified atom stereocenters. The normalized spacial score (nSPS) is 14.7. The second-order valence-electron chi connectivity index (χ2n) is 8.14. The molecule has 2 heterocycles. The fourth-order valence-electron chi connectivity index (χ4n) is 3.70. The summed E-state index contributed by atoms with van der Waals surface area (Å²) in [6.45, 7) is 1.59. The molecule has 3 aromatic rings. The van der Waals surface area contributed by atoms with Crippen LogP contribution in [0.15, 0.2) is 59.6 Å². The van der Waals surface area contributed by atoms with Gasteiger partial charge in [-0.1, -0.05) is 11.6 Å². The standard InChI is InChI=1S/C25H24ClFN4O4S/c1-36(34)18-4-5-19(22(13-18)35-17-8-10-28-11-9-17)24(32)30-21-6-3-16(27)12-20(21)25(33)31-23-7-2-15(26)14-29-23/h2-7,12-14,17,28H,8-11H2,1H3,(H,30,32)(H,29,31,33)/t36-/m0/s1. The summed E-state index contributed by atoms with van der Waals surface area (Å²) < 4.78 is 32.2. The molecule has 0 spiro atoms. The highest BCUT2D eigenvalue weighted by molar-refractivity contribution is 7.90. The molecule has 36 heavy (non-hydrogen) atoms. The van der Waals surface area contributed by atoms with Gasteiger partial charge in [-0.2, -0.15) is 0 Å². The lowest BCUT2D eigenvalue weighted by Gasteiger charge is -2.25. The number of carbonyl (C=O) groups is 2. The molecular weight excluding hydrogens is 507 g/mol. The predicted molar refractivity (Wildman–Crippen MR) is 137 cm³/mol. The molecule has 4 rings (SSSR count). The van der Waals surface area contributed by atoms with Crippen molar-refractivity contribution in [2.45, 2.75) is 23.8 Å². The molecule has 11 heteroatoms. The predicted octanol–water partition coefficient (Wildman–Crippen LogP) is 4.25. The van der Waals surface area contributed by atoms with Gasteiger partial charge in [0.2, 0.25) is 0 Å². The van der Waals surface area contributed by atoms with Crippen LogP contribution >= 0.6 is 11.6 Å². The molecule has 188 valence electrons. The number of benzene rings is 2. The Labute approximate surface area is 215 Å². The van der Waals surface area contributed by atoms with E-state index in [1.165, 1.54) is 24.4 Å². The minimum atomic E-state index is -1.27. The minimum absolute atomic E-state index is 0.0906. The lowest BCUT2D eigenvalue weighted by Crippen LogP contribution is -2.34. The average Bonchev–Trinajstić information content (AvgIpc) is 2.87. The van der Waals surface area contributed by atoms with Gasteiger partial charge in [0.1, 0.15) is 29.7 Å². The fraction of sp³-hybridized carbons (Fsp3) is 0.240. The van der Waals surface area contributed by atoms with Crippen LogP contribution in [0.5, 0.6) is 5.75 Å². The summed E-state index contributed by atoms with van der Waals surface area (Å²) in [7, 11) is 0. The first-order valence-electron chi connectivity index (χ1n) is 11.2. The molecule has 1 aliphatic rings. The van der Waals surface area contributed by atoms with E-state index in [1.807, 2.05) is 0 Å². The summed E-state index contributed by atoms with van der Waals surface area (Å²) in [5.74, 6) is -1.36. The Bertz CT molecular complexity index is 1250. The summed E-state index contributed by atoms with van der Waals surface area (Å²) in [6, 6.07) is 11.2. The van der Waals surface area contributed by atoms with Gasteiger partial charge in [-0.25, -0.2) is 9.37 Å². The molecule has 0 aliphatic carbocycles. The number of hydrogen-bond acceptors (Lipinski definition) is 6. The zero-order valence-electron chi connectivity index (χ0n) is 19.3. The van der Waals surface area contributed by atoms with E-state index in [0.717, 1.165) is 38.1 Å². The number of hydrogen-bond donors (Lipinski definition) is 3. The SMILES string of the molecule is C[S@+]([O-])c1ccc(C(=O)Nc2ccc(F)cc2C(=O)Nc2ccc(Cl)cn2)c(OC2CCNCC2)c1. The van der Waals surface area contributed by atoms with Gasteiger partial charge in [0.15, 0.2) is 4.90 Å². The van der Waals surface area contributed by atoms with Crippen LogP contribution in [0, 0.1) is 5.82 Å². The molecule has 1 atom stereocenters. The van der Waals surface area contributed by atoms with E-state index in [9.17, 15) is 18.5 Å². The molecular formula is C25H24ClFN4O4S. The highest BCUT2D eigenvalue weighted by Crippen LogP contribution is 2.28. The first kappa shape index (κ1) is 25.9. The number of nitrogens with zero attached hydrogens (tertiary/aromatic N) is 1. The van der Waals surface area contributed by atoms with Crippen LogP contribution in [0.2, 0.25) is 5.02 Å². The Morgan fingerprint density at radius 2 is 1.83 bits per heavy atom. The lowest BCUT2D eigenvalue weighted by atomic mass is 10.1. The average molecular weight is 531 g/mol. The number of halogens is 2. The van der Waals surface area contributed by atoms with Crippen molar-refractivity contribution >= 4 is 46.1 Å². The van der Waals surface area contributed by atoms with Crippen molar-refractivity contribution in [3.05, 3.63) is 76.7 Å². The van der Waals surface area contributed by atoms with E-state index in [-0.39, 0.29) is 28.7 Å². The topological polar surface area (TPSA) is 115 Å². The fourth-order valence-corrected chi connectivity index (χ4v) is 4.34. The van der Waals surface area contributed by atoms with Gasteiger partial charge in [-0.05, 0) is 79.6 Å². The maximum atomic E-state index is 14.0. The van der Waals surface area contributed by atoms with Gasteiger partial charge >= 0.3 is 0 Å². The van der Waals surface area contributed by atoms with Crippen molar-refractivity contribution in [2.24, 2.45) is 0 Å². The molecule has 1 aromatic heterocycles. The van der Waals surface area contributed by atoms with Crippen LogP contribution < -0.4 is 20.7 Å². The van der Waals surface area contributed by atoms with Crippen molar-refractivity contribution in [3.63, 3.8) is 0 Å². The van der Waals surface area contributed by atoms with Crippen molar-refractivity contribution in [3.8, 4) is 5.75 Å². The molecule has 0 saturated carbocycles. The Balaban J connectivity index is 1.59. The zero-order chi connectivity index (χ0) is 25.7. The molecule has 2 amide bonds. The van der Waals surface area contributed by atoms with Crippen molar-refractivity contribution in [1.29, 1.82) is 0 Å². The summed E-state index contributed by atoms with van der Waals surface area (Å²) >= 11 is 4.55. The number of anilines is 2. The van der Waals surface area contributed by atoms with Crippen LogP contribution in [-0.2, 0) is 11.2 Å². The van der Waals surface area contributed by atoms with Crippen molar-refractivity contribution in [2.75, 3.05) is 30.0 Å². The number of aromatic nitrogens is 1. The number of rotatable bonds is 7. The monoisotopic (exact) mass is 530 g/mol. The summed E-state index contributed by atoms with van der Waals surface area (Å²) in [5.41, 5.74) is 0.216. The van der Waals surface area contributed by atoms with E-state index >= 15 is 0 Å². The summed E-state index contributed by atoms with van der Waals surface area (Å²) in [6.07, 6.45) is 4.34. The number of nitrogens with one attached hydrogen (secondary N) is 3. The van der Waals surface area contributed by atoms with E-state index in [2.05, 4.69) is 20.9 Å². The molecule has 2 aromatic carbocycles. The third-order valence-corrected chi connectivity index (χ3v) is 6.69. The Morgan fingerprint density at radius 3 is 2.53 bits per heavy atom. The molecule has 1 saturated heterocycles. The van der Waals surface area contributed by atoms with E-state index in [0.29, 0.717) is 15.7 Å². The van der Waals surface area contributed by atoms with Crippen LogP contribution in [0.4, 0.5) is 15.9 Å². The molecule has 1 fully saturated rings. The summed E-state index contributed by atoms with van der Waals surface area (Å²) in [4.78, 5) is 30.7. The first-order valence-corrected chi connectivity index (χ1v) is 13.1. The Hall–Kier alpha value is -3.18. The maximum absolute atomic E-state index is 14.0. The minimum Gasteiger partial charge on any atom is -0.612 e. The molecule has 3 N–H and O–H groups in total. The lowest BCUT2D eigenvalue weighted by molar-refractivity contribution is 0.101. The Morgan fingerprint density at radius 1 is 1.08 bits per heavy atom. The third-order valence-electron chi connectivity index (χ3n) is 5.55. The number of pyridine rings is 1. The second-order valence-corrected chi connectivity index (χ2v) is 9.96. The van der Waals surface area contributed by atoms with Crippen LogP contribution in [-0.4, -0.2) is 46.8 Å². The third kappa shape index (κ3) is 6.52. The smallest absolute Gasteiger partial charge is 0.259 e. The van der Waals surface area contributed by atoms with Gasteiger partial charge in [0, 0.05) is 12.3 Å². The van der Waals surface area contributed by atoms with Gasteiger partial charge in [0.05, 0.1) is 21.8 Å². The highest BCUT2D eigenvalue weighted by atomic mass is 35.5. The second kappa shape index (κ2) is 11.7.